The van der Waals surface area contributed by atoms with E-state index in [0.29, 0.717) is 23.0 Å². The van der Waals surface area contributed by atoms with Gasteiger partial charge < -0.3 is 11.1 Å². The lowest BCUT2D eigenvalue weighted by molar-refractivity contribution is 0.630. The molecule has 1 saturated heterocycles. The zero-order chi connectivity index (χ0) is 11.4. The number of nitrogen functional groups attached to an aromatic ring is 1. The number of rotatable bonds is 3. The van der Waals surface area contributed by atoms with Crippen molar-refractivity contribution in [1.82, 2.24) is 4.98 Å². The van der Waals surface area contributed by atoms with Crippen LogP contribution < -0.4 is 11.1 Å². The maximum Gasteiger partial charge on any atom is 0.144 e. The molecule has 84 valence electrons. The Balaban J connectivity index is 2.00. The number of nitrogens with two attached hydrogens (primary N) is 1. The molecule has 5 heteroatoms. The van der Waals surface area contributed by atoms with Gasteiger partial charge in [-0.25, -0.2) is 4.98 Å². The van der Waals surface area contributed by atoms with Crippen molar-refractivity contribution in [3.05, 3.63) is 17.8 Å². The van der Waals surface area contributed by atoms with E-state index in [1.54, 1.807) is 12.3 Å². The van der Waals surface area contributed by atoms with Gasteiger partial charge >= 0.3 is 0 Å². The summed E-state index contributed by atoms with van der Waals surface area (Å²) in [5, 5.41) is 12.2. The second kappa shape index (κ2) is 5.08. The highest BCUT2D eigenvalue weighted by Gasteiger charge is 2.15. The molecule has 0 spiro atoms. The van der Waals surface area contributed by atoms with Crippen molar-refractivity contribution >= 4 is 23.3 Å². The molecule has 4 nitrogen and oxygen atoms in total. The van der Waals surface area contributed by atoms with Crippen LogP contribution in [0.1, 0.15) is 12.0 Å². The summed E-state index contributed by atoms with van der Waals surface area (Å²) < 4.78 is 0. The average molecular weight is 234 g/mol. The van der Waals surface area contributed by atoms with Crippen LogP contribution in [-0.2, 0) is 0 Å². The van der Waals surface area contributed by atoms with Crippen LogP contribution in [0.25, 0.3) is 0 Å². The Morgan fingerprint density at radius 3 is 3.25 bits per heavy atom. The zero-order valence-electron chi connectivity index (χ0n) is 8.94. The third kappa shape index (κ3) is 2.58. The highest BCUT2D eigenvalue weighted by Crippen LogP contribution is 2.24. The molecule has 0 bridgehead atoms. The van der Waals surface area contributed by atoms with E-state index in [-0.39, 0.29) is 0 Å². The molecule has 1 aromatic heterocycles. The molecular formula is C11H14N4S. The summed E-state index contributed by atoms with van der Waals surface area (Å²) in [6, 6.07) is 3.75. The first-order valence-electron chi connectivity index (χ1n) is 5.27. The standard InChI is InChI=1S/C11H14N4S/c12-4-9-3-10(13)6-15-11(9)14-5-8-1-2-16-7-8/h3,6,8H,1-2,5,7,13H2,(H,14,15). The van der Waals surface area contributed by atoms with Crippen molar-refractivity contribution in [2.45, 2.75) is 6.42 Å². The predicted octanol–water partition coefficient (Wildman–Crippen LogP) is 1.70. The van der Waals surface area contributed by atoms with Crippen LogP contribution >= 0.6 is 11.8 Å². The lowest BCUT2D eigenvalue weighted by Gasteiger charge is -2.11. The molecule has 2 heterocycles. The predicted molar refractivity (Wildman–Crippen MR) is 67.3 cm³/mol. The van der Waals surface area contributed by atoms with Crippen LogP contribution in [0.4, 0.5) is 11.5 Å². The lowest BCUT2D eigenvalue weighted by atomic mass is 10.1. The minimum Gasteiger partial charge on any atom is -0.397 e. The van der Waals surface area contributed by atoms with Gasteiger partial charge in [0.25, 0.3) is 0 Å². The van der Waals surface area contributed by atoms with Crippen LogP contribution in [0.5, 0.6) is 0 Å². The monoisotopic (exact) mass is 234 g/mol. The van der Waals surface area contributed by atoms with E-state index in [0.717, 1.165) is 6.54 Å². The molecular weight excluding hydrogens is 220 g/mol. The molecule has 0 saturated carbocycles. The van der Waals surface area contributed by atoms with Crippen LogP contribution in [0.15, 0.2) is 12.3 Å². The van der Waals surface area contributed by atoms with E-state index in [4.69, 9.17) is 11.0 Å². The van der Waals surface area contributed by atoms with Crippen molar-refractivity contribution in [3.8, 4) is 6.07 Å². The van der Waals surface area contributed by atoms with E-state index < -0.39 is 0 Å². The van der Waals surface area contributed by atoms with E-state index in [2.05, 4.69) is 16.4 Å². The van der Waals surface area contributed by atoms with Gasteiger partial charge in [0.1, 0.15) is 11.9 Å². The Kier molecular flexibility index (Phi) is 3.52. The molecule has 1 unspecified atom stereocenters. The molecule has 1 aromatic rings. The Morgan fingerprint density at radius 1 is 1.69 bits per heavy atom. The van der Waals surface area contributed by atoms with Gasteiger partial charge in [0, 0.05) is 6.54 Å². The largest absolute Gasteiger partial charge is 0.397 e. The van der Waals surface area contributed by atoms with E-state index in [1.165, 1.54) is 17.9 Å². The Morgan fingerprint density at radius 2 is 2.56 bits per heavy atom. The summed E-state index contributed by atoms with van der Waals surface area (Å²) in [4.78, 5) is 4.14. The maximum absolute atomic E-state index is 8.95. The molecule has 0 aliphatic carbocycles. The van der Waals surface area contributed by atoms with Crippen LogP contribution in [0, 0.1) is 17.2 Å². The first-order valence-corrected chi connectivity index (χ1v) is 6.42. The summed E-state index contributed by atoms with van der Waals surface area (Å²) in [7, 11) is 0. The summed E-state index contributed by atoms with van der Waals surface area (Å²) in [6.07, 6.45) is 2.82. The number of aromatic nitrogens is 1. The van der Waals surface area contributed by atoms with Crippen LogP contribution in [0.2, 0.25) is 0 Å². The number of hydrogen-bond donors (Lipinski definition) is 2. The zero-order valence-corrected chi connectivity index (χ0v) is 9.76. The molecule has 2 rings (SSSR count). The van der Waals surface area contributed by atoms with Crippen molar-refractivity contribution in [3.63, 3.8) is 0 Å². The maximum atomic E-state index is 8.95. The van der Waals surface area contributed by atoms with Crippen LogP contribution in [0.3, 0.4) is 0 Å². The third-order valence-corrected chi connectivity index (χ3v) is 3.84. The van der Waals surface area contributed by atoms with E-state index >= 15 is 0 Å². The van der Waals surface area contributed by atoms with Crippen molar-refractivity contribution in [1.29, 1.82) is 5.26 Å². The molecule has 1 atom stereocenters. The number of nitrogens with zero attached hydrogens (tertiary/aromatic N) is 2. The van der Waals surface area contributed by atoms with Crippen molar-refractivity contribution < 1.29 is 0 Å². The summed E-state index contributed by atoms with van der Waals surface area (Å²) in [6.45, 7) is 0.887. The van der Waals surface area contributed by atoms with Crippen molar-refractivity contribution in [2.75, 3.05) is 29.1 Å². The lowest BCUT2D eigenvalue weighted by Crippen LogP contribution is -2.15. The first kappa shape index (κ1) is 11.1. The smallest absolute Gasteiger partial charge is 0.144 e. The first-order chi connectivity index (χ1) is 7.79. The molecule has 3 N–H and O–H groups in total. The number of anilines is 2. The highest BCUT2D eigenvalue weighted by atomic mass is 32.2. The molecule has 1 fully saturated rings. The topological polar surface area (TPSA) is 74.7 Å². The SMILES string of the molecule is N#Cc1cc(N)cnc1NCC1CCSC1. The Hall–Kier alpha value is -1.41. The van der Waals surface area contributed by atoms with Gasteiger partial charge in [-0.15, -0.1) is 0 Å². The number of nitrogens with one attached hydrogen (secondary N) is 1. The fraction of sp³-hybridized carbons (Fsp3) is 0.455. The van der Waals surface area contributed by atoms with E-state index in [9.17, 15) is 0 Å². The fourth-order valence-electron chi connectivity index (χ4n) is 1.69. The molecule has 0 aromatic carbocycles. The average Bonchev–Trinajstić information content (AvgIpc) is 2.80. The van der Waals surface area contributed by atoms with Gasteiger partial charge in [0.15, 0.2) is 0 Å². The Labute approximate surface area is 99.2 Å². The molecule has 0 radical (unpaired) electrons. The second-order valence-corrected chi connectivity index (χ2v) is 5.04. The van der Waals surface area contributed by atoms with Gasteiger partial charge in [0.05, 0.1) is 17.4 Å². The normalized spacial score (nSPS) is 19.3. The number of thioether (sulfide) groups is 1. The van der Waals surface area contributed by atoms with E-state index in [1.807, 2.05) is 11.8 Å². The molecule has 0 amide bonds. The van der Waals surface area contributed by atoms with Gasteiger partial charge in [-0.2, -0.15) is 17.0 Å². The van der Waals surface area contributed by atoms with Gasteiger partial charge in [-0.3, -0.25) is 0 Å². The number of nitriles is 1. The van der Waals surface area contributed by atoms with Gasteiger partial charge in [-0.1, -0.05) is 0 Å². The summed E-state index contributed by atoms with van der Waals surface area (Å²) in [5.41, 5.74) is 6.62. The van der Waals surface area contributed by atoms with Crippen LogP contribution in [-0.4, -0.2) is 23.0 Å². The summed E-state index contributed by atoms with van der Waals surface area (Å²) in [5.74, 6) is 3.78. The number of hydrogen-bond acceptors (Lipinski definition) is 5. The quantitative estimate of drug-likeness (QED) is 0.832. The Bertz CT molecular complexity index is 407. The minimum absolute atomic E-state index is 0.519. The summed E-state index contributed by atoms with van der Waals surface area (Å²) >= 11 is 1.98. The molecule has 16 heavy (non-hydrogen) atoms. The van der Waals surface area contributed by atoms with Crippen molar-refractivity contribution in [2.24, 2.45) is 5.92 Å². The molecule has 1 aliphatic rings. The van der Waals surface area contributed by atoms with Gasteiger partial charge in [0.2, 0.25) is 0 Å². The number of pyridine rings is 1. The fourth-order valence-corrected chi connectivity index (χ4v) is 2.98. The highest BCUT2D eigenvalue weighted by molar-refractivity contribution is 7.99. The molecule has 1 aliphatic heterocycles. The minimum atomic E-state index is 0.519. The third-order valence-electron chi connectivity index (χ3n) is 2.61. The van der Waals surface area contributed by atoms with Gasteiger partial charge in [-0.05, 0) is 29.9 Å². The second-order valence-electron chi connectivity index (χ2n) is 3.89.